The lowest BCUT2D eigenvalue weighted by Gasteiger charge is -2.15. The molecule has 1 aliphatic heterocycles. The van der Waals surface area contributed by atoms with Gasteiger partial charge in [-0.05, 0) is 25.3 Å². The molecule has 0 aromatic carbocycles. The molecule has 1 aliphatic rings. The maximum absolute atomic E-state index is 11.3. The lowest BCUT2D eigenvalue weighted by atomic mass is 10.2. The number of likely N-dealkylation sites (tertiary alicyclic amines) is 1. The van der Waals surface area contributed by atoms with E-state index in [4.69, 9.17) is 5.73 Å². The van der Waals surface area contributed by atoms with Crippen LogP contribution in [0.25, 0.3) is 0 Å². The molecule has 1 heterocycles. The number of nitrogens with zero attached hydrogens (tertiary/aromatic N) is 1. The first-order valence-electron chi connectivity index (χ1n) is 6.22. The maximum Gasteiger partial charge on any atom is 0.222 e. The fraction of sp³-hybridized carbons (Fsp3) is 0.917. The van der Waals surface area contributed by atoms with E-state index >= 15 is 0 Å². The molecule has 1 atom stereocenters. The van der Waals surface area contributed by atoms with Crippen LogP contribution in [0.1, 0.15) is 46.5 Å². The first kappa shape index (κ1) is 14.4. The van der Waals surface area contributed by atoms with Crippen LogP contribution in [-0.2, 0) is 4.79 Å². The number of nitrogens with two attached hydrogens (primary N) is 1. The van der Waals surface area contributed by atoms with Crippen LogP contribution in [0.4, 0.5) is 0 Å². The molecule has 1 fully saturated rings. The molecule has 0 bridgehead atoms. The summed E-state index contributed by atoms with van der Waals surface area (Å²) in [6.45, 7) is 8.80. The van der Waals surface area contributed by atoms with E-state index in [0.717, 1.165) is 45.3 Å². The Hall–Kier alpha value is -0.570. The number of hydrogen-bond donors (Lipinski definition) is 1. The number of carbonyl (C=O) groups excluding carboxylic acids is 1. The van der Waals surface area contributed by atoms with Gasteiger partial charge in [-0.25, -0.2) is 0 Å². The molecule has 0 saturated carbocycles. The first-order chi connectivity index (χ1) is 7.24. The average Bonchev–Trinajstić information content (AvgIpc) is 2.55. The van der Waals surface area contributed by atoms with Crippen molar-refractivity contribution in [2.45, 2.75) is 46.5 Å². The number of amides is 1. The zero-order valence-electron chi connectivity index (χ0n) is 10.5. The summed E-state index contributed by atoms with van der Waals surface area (Å²) in [7, 11) is 0. The monoisotopic (exact) mass is 214 g/mol. The number of rotatable bonds is 5. The minimum absolute atomic E-state index is 0.334. The SMILES string of the molecule is CC.CC1CC(=O)N(CCCCCN)C1. The molecule has 3 nitrogen and oxygen atoms in total. The van der Waals surface area contributed by atoms with E-state index < -0.39 is 0 Å². The quantitative estimate of drug-likeness (QED) is 0.712. The van der Waals surface area contributed by atoms with Gasteiger partial charge in [0.1, 0.15) is 0 Å². The van der Waals surface area contributed by atoms with Crippen LogP contribution in [0, 0.1) is 5.92 Å². The summed E-state index contributed by atoms with van der Waals surface area (Å²) in [5.41, 5.74) is 5.39. The van der Waals surface area contributed by atoms with Gasteiger partial charge in [0, 0.05) is 19.5 Å². The fourth-order valence-corrected chi connectivity index (χ4v) is 1.81. The largest absolute Gasteiger partial charge is 0.342 e. The molecule has 0 aromatic rings. The molecule has 1 rings (SSSR count). The predicted molar refractivity (Wildman–Crippen MR) is 64.6 cm³/mol. The van der Waals surface area contributed by atoms with Gasteiger partial charge in [0.25, 0.3) is 0 Å². The molecule has 2 N–H and O–H groups in total. The maximum atomic E-state index is 11.3. The van der Waals surface area contributed by atoms with Gasteiger partial charge in [0.05, 0.1) is 0 Å². The normalized spacial score (nSPS) is 20.1. The van der Waals surface area contributed by atoms with Crippen LogP contribution in [0.2, 0.25) is 0 Å². The van der Waals surface area contributed by atoms with Crippen molar-refractivity contribution in [2.75, 3.05) is 19.6 Å². The van der Waals surface area contributed by atoms with Crippen molar-refractivity contribution in [3.05, 3.63) is 0 Å². The topological polar surface area (TPSA) is 46.3 Å². The second-order valence-electron chi connectivity index (χ2n) is 4.00. The van der Waals surface area contributed by atoms with Gasteiger partial charge in [-0.1, -0.05) is 27.2 Å². The molecule has 1 amide bonds. The van der Waals surface area contributed by atoms with E-state index in [1.165, 1.54) is 0 Å². The van der Waals surface area contributed by atoms with Crippen LogP contribution >= 0.6 is 0 Å². The Balaban J connectivity index is 0.000000921. The highest BCUT2D eigenvalue weighted by atomic mass is 16.2. The number of hydrogen-bond acceptors (Lipinski definition) is 2. The Labute approximate surface area is 94.0 Å². The van der Waals surface area contributed by atoms with E-state index in [1.807, 2.05) is 18.7 Å². The van der Waals surface area contributed by atoms with E-state index in [9.17, 15) is 4.79 Å². The van der Waals surface area contributed by atoms with Gasteiger partial charge in [-0.15, -0.1) is 0 Å². The van der Waals surface area contributed by atoms with Gasteiger partial charge < -0.3 is 10.6 Å². The predicted octanol–water partition coefficient (Wildman–Crippen LogP) is 2.01. The third kappa shape index (κ3) is 5.78. The molecule has 90 valence electrons. The highest BCUT2D eigenvalue weighted by Gasteiger charge is 2.25. The zero-order chi connectivity index (χ0) is 11.7. The second kappa shape index (κ2) is 8.72. The molecule has 0 radical (unpaired) electrons. The van der Waals surface area contributed by atoms with Gasteiger partial charge in [-0.2, -0.15) is 0 Å². The summed E-state index contributed by atoms with van der Waals surface area (Å²) in [5, 5.41) is 0. The minimum atomic E-state index is 0.334. The van der Waals surface area contributed by atoms with Crippen molar-refractivity contribution in [1.29, 1.82) is 0 Å². The van der Waals surface area contributed by atoms with E-state index in [0.29, 0.717) is 11.8 Å². The lowest BCUT2D eigenvalue weighted by Crippen LogP contribution is -2.26. The van der Waals surface area contributed by atoms with Crippen molar-refractivity contribution in [2.24, 2.45) is 11.7 Å². The van der Waals surface area contributed by atoms with Crippen molar-refractivity contribution in [1.82, 2.24) is 4.90 Å². The molecular weight excluding hydrogens is 188 g/mol. The van der Waals surface area contributed by atoms with Gasteiger partial charge in [0.15, 0.2) is 0 Å². The highest BCUT2D eigenvalue weighted by molar-refractivity contribution is 5.78. The molecule has 3 heteroatoms. The van der Waals surface area contributed by atoms with Crippen molar-refractivity contribution in [3.63, 3.8) is 0 Å². The summed E-state index contributed by atoms with van der Waals surface area (Å²) in [6.07, 6.45) is 4.08. The standard InChI is InChI=1S/C10H20N2O.C2H6/c1-9-7-10(13)12(8-9)6-4-2-3-5-11;1-2/h9H,2-8,11H2,1H3;1-2H3. The van der Waals surface area contributed by atoms with Crippen LogP contribution in [-0.4, -0.2) is 30.4 Å². The Morgan fingerprint density at radius 1 is 1.33 bits per heavy atom. The molecular formula is C12H26N2O. The Morgan fingerprint density at radius 2 is 2.00 bits per heavy atom. The fourth-order valence-electron chi connectivity index (χ4n) is 1.81. The Kier molecular flexibility index (Phi) is 8.38. The summed E-state index contributed by atoms with van der Waals surface area (Å²) in [5.74, 6) is 0.891. The lowest BCUT2D eigenvalue weighted by molar-refractivity contribution is -0.127. The third-order valence-electron chi connectivity index (χ3n) is 2.54. The van der Waals surface area contributed by atoms with E-state index in [2.05, 4.69) is 6.92 Å². The van der Waals surface area contributed by atoms with Gasteiger partial charge in [-0.3, -0.25) is 4.79 Å². The molecule has 1 unspecified atom stereocenters. The number of carbonyl (C=O) groups is 1. The van der Waals surface area contributed by atoms with E-state index in [1.54, 1.807) is 0 Å². The molecule has 1 saturated heterocycles. The highest BCUT2D eigenvalue weighted by Crippen LogP contribution is 2.17. The van der Waals surface area contributed by atoms with E-state index in [-0.39, 0.29) is 0 Å². The van der Waals surface area contributed by atoms with Crippen molar-refractivity contribution in [3.8, 4) is 0 Å². The summed E-state index contributed by atoms with van der Waals surface area (Å²) in [4.78, 5) is 13.3. The Morgan fingerprint density at radius 3 is 2.47 bits per heavy atom. The minimum Gasteiger partial charge on any atom is -0.342 e. The first-order valence-corrected chi connectivity index (χ1v) is 6.22. The smallest absolute Gasteiger partial charge is 0.222 e. The zero-order valence-corrected chi connectivity index (χ0v) is 10.5. The summed E-state index contributed by atoms with van der Waals surface area (Å²) < 4.78 is 0. The summed E-state index contributed by atoms with van der Waals surface area (Å²) in [6, 6.07) is 0. The molecule has 15 heavy (non-hydrogen) atoms. The Bertz CT molecular complexity index is 171. The van der Waals surface area contributed by atoms with Crippen molar-refractivity contribution >= 4 is 5.91 Å². The van der Waals surface area contributed by atoms with Crippen LogP contribution in [0.15, 0.2) is 0 Å². The summed E-state index contributed by atoms with van der Waals surface area (Å²) >= 11 is 0. The van der Waals surface area contributed by atoms with Crippen LogP contribution < -0.4 is 5.73 Å². The van der Waals surface area contributed by atoms with Crippen molar-refractivity contribution < 1.29 is 4.79 Å². The molecule has 0 spiro atoms. The van der Waals surface area contributed by atoms with Crippen LogP contribution in [0.3, 0.4) is 0 Å². The van der Waals surface area contributed by atoms with Gasteiger partial charge in [0.2, 0.25) is 5.91 Å². The van der Waals surface area contributed by atoms with Crippen LogP contribution in [0.5, 0.6) is 0 Å². The molecule has 0 aliphatic carbocycles. The number of unbranched alkanes of at least 4 members (excludes halogenated alkanes) is 2. The van der Waals surface area contributed by atoms with Gasteiger partial charge >= 0.3 is 0 Å². The average molecular weight is 214 g/mol. The molecule has 0 aromatic heterocycles. The second-order valence-corrected chi connectivity index (χ2v) is 4.00. The third-order valence-corrected chi connectivity index (χ3v) is 2.54.